The van der Waals surface area contributed by atoms with Gasteiger partial charge in [-0.3, -0.25) is 9.98 Å². The molecule has 0 unspecified atom stereocenters. The van der Waals surface area contributed by atoms with Crippen LogP contribution in [0.1, 0.15) is 42.5 Å². The second kappa shape index (κ2) is 16.0. The number of phenolic OH excluding ortho intramolecular Hbond substituents is 5. The van der Waals surface area contributed by atoms with Crippen molar-refractivity contribution in [3.8, 4) is 39.9 Å². The molecule has 0 saturated heterocycles. The van der Waals surface area contributed by atoms with Crippen molar-refractivity contribution in [2.45, 2.75) is 33.4 Å². The van der Waals surface area contributed by atoms with Crippen LogP contribution in [0.25, 0.3) is 82.5 Å². The largest absolute Gasteiger partial charge is 0.504 e. The van der Waals surface area contributed by atoms with Gasteiger partial charge in [-0.15, -0.1) is 0 Å². The molecule has 0 spiro atoms. The van der Waals surface area contributed by atoms with Crippen LogP contribution in [0, 0.1) is 0 Å². The minimum absolute atomic E-state index is 0. The molecule has 0 atom stereocenters. The maximum Gasteiger partial charge on any atom is 0.208 e. The Morgan fingerprint density at radius 3 is 2.05 bits per heavy atom. The van der Waals surface area contributed by atoms with Gasteiger partial charge in [-0.05, 0) is 71.1 Å². The standard InChI is InChI=1S/C51H35N3O6.C2H6.H2S/c1-52-44-30-14-3-2-11-27(30)21-22-37(44)43(29-13-10-12-28(25-29)40-46(55)48(57)50(59)49(58)47(40)56)53-26-54-38-20-9-8-17-33(38)35-23-24-39-42(45(35)54)41-34-18-6-4-15-31(34)32-16-5-7-19-36(32)51(41)60-39;1-2;/h3-10,12-25,55-59H,1-2,11,26H2;1-2H3;1H2/b53-43-;;. The van der Waals surface area contributed by atoms with Crippen LogP contribution in [-0.2, 0) is 13.1 Å². The molecular formula is C53H43N3O6S. The summed E-state index contributed by atoms with van der Waals surface area (Å²) < 4.78 is 9.04. The van der Waals surface area contributed by atoms with Crippen molar-refractivity contribution in [1.82, 2.24) is 4.57 Å². The van der Waals surface area contributed by atoms with Crippen molar-refractivity contribution in [3.05, 3.63) is 150 Å². The monoisotopic (exact) mass is 849 g/mol. The fourth-order valence-corrected chi connectivity index (χ4v) is 9.28. The average molecular weight is 850 g/mol. The van der Waals surface area contributed by atoms with Crippen LogP contribution in [0.5, 0.6) is 28.7 Å². The molecule has 0 fully saturated rings. The highest BCUT2D eigenvalue weighted by molar-refractivity contribution is 7.59. The molecule has 312 valence electrons. The zero-order valence-corrected chi connectivity index (χ0v) is 35.5. The first kappa shape index (κ1) is 40.7. The Morgan fingerprint density at radius 1 is 0.667 bits per heavy atom. The van der Waals surface area contributed by atoms with Gasteiger partial charge in [0.05, 0.1) is 33.4 Å². The number of aliphatic imine (C=N–C) groups is 2. The van der Waals surface area contributed by atoms with Gasteiger partial charge in [0.25, 0.3) is 0 Å². The van der Waals surface area contributed by atoms with Crippen LogP contribution in [0.15, 0.2) is 142 Å². The molecule has 2 heterocycles. The number of rotatable bonds is 6. The Balaban J connectivity index is 0.00000166. The van der Waals surface area contributed by atoms with E-state index in [1.54, 1.807) is 18.2 Å². The van der Waals surface area contributed by atoms with Gasteiger partial charge in [-0.25, -0.2) is 0 Å². The Hall–Kier alpha value is -7.69. The summed E-state index contributed by atoms with van der Waals surface area (Å²) in [7, 11) is 0. The van der Waals surface area contributed by atoms with Crippen molar-refractivity contribution in [2.75, 3.05) is 0 Å². The molecule has 11 rings (SSSR count). The molecule has 5 N–H and O–H groups in total. The Kier molecular flexibility index (Phi) is 10.3. The minimum Gasteiger partial charge on any atom is -0.504 e. The Bertz CT molecular complexity index is 3530. The van der Waals surface area contributed by atoms with Gasteiger partial charge in [0, 0.05) is 38.2 Å². The molecular weight excluding hydrogens is 807 g/mol. The zero-order valence-electron chi connectivity index (χ0n) is 34.5. The van der Waals surface area contributed by atoms with Gasteiger partial charge in [0.15, 0.2) is 11.5 Å². The van der Waals surface area contributed by atoms with E-state index in [1.165, 1.54) is 0 Å². The second-order valence-electron chi connectivity index (χ2n) is 15.2. The van der Waals surface area contributed by atoms with Crippen molar-refractivity contribution >= 4 is 103 Å². The fraction of sp³-hybridized carbons (Fsp3) is 0.0943. The lowest BCUT2D eigenvalue weighted by atomic mass is 9.89. The molecule has 1 aliphatic rings. The van der Waals surface area contributed by atoms with Crippen molar-refractivity contribution in [2.24, 2.45) is 9.98 Å². The van der Waals surface area contributed by atoms with Crippen molar-refractivity contribution < 1.29 is 29.9 Å². The van der Waals surface area contributed by atoms with E-state index in [1.807, 2.05) is 44.2 Å². The zero-order chi connectivity index (χ0) is 42.8. The molecule has 63 heavy (non-hydrogen) atoms. The highest BCUT2D eigenvalue weighted by Gasteiger charge is 2.26. The third-order valence-corrected chi connectivity index (χ3v) is 12.0. The van der Waals surface area contributed by atoms with Gasteiger partial charge in [-0.2, -0.15) is 13.5 Å². The molecule has 2 aromatic heterocycles. The molecule has 10 aromatic rings. The average Bonchev–Trinajstić information content (AvgIpc) is 3.87. The summed E-state index contributed by atoms with van der Waals surface area (Å²) in [6.07, 6.45) is 5.98. The van der Waals surface area contributed by atoms with E-state index in [2.05, 4.69) is 101 Å². The molecule has 1 aliphatic carbocycles. The summed E-state index contributed by atoms with van der Waals surface area (Å²) in [5.74, 6) is -4.50. The minimum atomic E-state index is -1.03. The summed E-state index contributed by atoms with van der Waals surface area (Å²) in [4.78, 5) is 10.0. The Labute approximate surface area is 368 Å². The lowest BCUT2D eigenvalue weighted by molar-refractivity contribution is 0.330. The summed E-state index contributed by atoms with van der Waals surface area (Å²) in [6.45, 7) is 8.16. The number of benzene rings is 8. The second-order valence-corrected chi connectivity index (χ2v) is 15.2. The first-order chi connectivity index (χ1) is 30.3. The third-order valence-electron chi connectivity index (χ3n) is 12.0. The fourth-order valence-electron chi connectivity index (χ4n) is 9.28. The number of aryl methyl sites for hydroxylation is 1. The smallest absolute Gasteiger partial charge is 0.208 e. The molecule has 10 heteroatoms. The number of hydrogen-bond acceptors (Lipinski definition) is 8. The van der Waals surface area contributed by atoms with Gasteiger partial charge in [0.1, 0.15) is 17.8 Å². The van der Waals surface area contributed by atoms with Crippen LogP contribution in [0.3, 0.4) is 0 Å². The van der Waals surface area contributed by atoms with E-state index >= 15 is 0 Å². The normalized spacial score (nSPS) is 12.5. The highest BCUT2D eigenvalue weighted by atomic mass is 32.1. The van der Waals surface area contributed by atoms with E-state index < -0.39 is 28.7 Å². The predicted octanol–water partition coefficient (Wildman–Crippen LogP) is 13.1. The molecule has 0 bridgehead atoms. The number of hydrogen-bond donors (Lipinski definition) is 5. The molecule has 0 radical (unpaired) electrons. The van der Waals surface area contributed by atoms with Crippen LogP contribution < -0.4 is 0 Å². The maximum atomic E-state index is 10.9. The van der Waals surface area contributed by atoms with E-state index in [-0.39, 0.29) is 31.3 Å². The van der Waals surface area contributed by atoms with Gasteiger partial charge >= 0.3 is 0 Å². The SMILES string of the molecule is C=Nc1c(/C(=N\Cn2c3ccccc3c3ccc4oc5c6ccccc6c6ccccc6c5c4c32)c2cccc(-c3c(O)c(O)c(O)c(O)c3O)c2)ccc2c1C=CCC2.CC.S. The summed E-state index contributed by atoms with van der Waals surface area (Å²) in [6, 6.07) is 40.3. The number of aromatic nitrogens is 1. The van der Waals surface area contributed by atoms with Crippen LogP contribution in [-0.4, -0.2) is 42.5 Å². The van der Waals surface area contributed by atoms with Crippen LogP contribution in [0.2, 0.25) is 0 Å². The summed E-state index contributed by atoms with van der Waals surface area (Å²) >= 11 is 0. The Morgan fingerprint density at radius 2 is 1.32 bits per heavy atom. The highest BCUT2D eigenvalue weighted by Crippen LogP contribution is 2.55. The third kappa shape index (κ3) is 6.16. The number of phenols is 5. The molecule has 8 aromatic carbocycles. The topological polar surface area (TPSA) is 144 Å². The molecule has 0 aliphatic heterocycles. The first-order valence-corrected chi connectivity index (χ1v) is 20.6. The van der Waals surface area contributed by atoms with Gasteiger partial charge < -0.3 is 34.5 Å². The lowest BCUT2D eigenvalue weighted by Crippen LogP contribution is -2.09. The number of fused-ring (bicyclic) bond motifs is 13. The molecule has 0 saturated carbocycles. The first-order valence-electron chi connectivity index (χ1n) is 20.6. The quantitative estimate of drug-likeness (QED) is 0.0488. The number of allylic oxidation sites excluding steroid dienone is 1. The van der Waals surface area contributed by atoms with Crippen molar-refractivity contribution in [1.29, 1.82) is 0 Å². The number of furan rings is 1. The van der Waals surface area contributed by atoms with Gasteiger partial charge in [-0.1, -0.05) is 123 Å². The van der Waals surface area contributed by atoms with Gasteiger partial charge in [0.2, 0.25) is 17.2 Å². The summed E-state index contributed by atoms with van der Waals surface area (Å²) in [5.41, 5.74) is 8.20. The van der Waals surface area contributed by atoms with Crippen molar-refractivity contribution in [3.63, 3.8) is 0 Å². The number of nitrogens with zero attached hydrogens (tertiary/aromatic N) is 3. The van der Waals surface area contributed by atoms with Crippen LogP contribution >= 0.6 is 13.5 Å². The van der Waals surface area contributed by atoms with E-state index in [0.717, 1.165) is 94.8 Å². The lowest BCUT2D eigenvalue weighted by Gasteiger charge is -2.19. The number of para-hydroxylation sites is 1. The van der Waals surface area contributed by atoms with E-state index in [4.69, 9.17) is 9.41 Å². The van der Waals surface area contributed by atoms with E-state index in [0.29, 0.717) is 17.0 Å². The number of aromatic hydroxyl groups is 5. The van der Waals surface area contributed by atoms with Crippen LogP contribution in [0.4, 0.5) is 5.69 Å². The predicted molar refractivity (Wildman–Crippen MR) is 262 cm³/mol. The molecule has 0 amide bonds. The molecule has 9 nitrogen and oxygen atoms in total. The van der Waals surface area contributed by atoms with E-state index in [9.17, 15) is 25.5 Å². The summed E-state index contributed by atoms with van der Waals surface area (Å²) in [5, 5.41) is 61.5. The maximum absolute atomic E-state index is 10.9.